The Kier molecular flexibility index (Phi) is 16.4. The van der Waals surface area contributed by atoms with Gasteiger partial charge in [-0.1, -0.05) is 62.3 Å². The zero-order valence-electron chi connectivity index (χ0n) is 29.5. The topological polar surface area (TPSA) is 47.1 Å². The van der Waals surface area contributed by atoms with Crippen molar-refractivity contribution in [3.8, 4) is 0 Å². The molecule has 6 nitrogen and oxygen atoms in total. The summed E-state index contributed by atoms with van der Waals surface area (Å²) in [6, 6.07) is 0.731. The number of carbonyl (C=O) groups is 2. The number of amides is 2. The summed E-state index contributed by atoms with van der Waals surface area (Å²) in [7, 11) is 2.22. The third-order valence-electron chi connectivity index (χ3n) is 10.5. The van der Waals surface area contributed by atoms with Crippen LogP contribution in [-0.2, 0) is 9.59 Å². The lowest BCUT2D eigenvalue weighted by Gasteiger charge is -2.42. The van der Waals surface area contributed by atoms with Crippen LogP contribution >= 0.6 is 0 Å². The minimum atomic E-state index is 0.150. The van der Waals surface area contributed by atoms with Gasteiger partial charge in [-0.3, -0.25) is 9.59 Å². The first-order chi connectivity index (χ1) is 19.8. The molecule has 246 valence electrons. The first-order valence-electron chi connectivity index (χ1n) is 17.8. The predicted molar refractivity (Wildman–Crippen MR) is 178 cm³/mol. The molecule has 42 heavy (non-hydrogen) atoms. The number of piperidine rings is 4. The third kappa shape index (κ3) is 12.5. The molecule has 2 unspecified atom stereocenters. The van der Waals surface area contributed by atoms with Crippen molar-refractivity contribution in [3.63, 3.8) is 0 Å². The molecule has 2 atom stereocenters. The van der Waals surface area contributed by atoms with Gasteiger partial charge in [0.15, 0.2) is 0 Å². The molecule has 0 radical (unpaired) electrons. The highest BCUT2D eigenvalue weighted by molar-refractivity contribution is 5.78. The van der Waals surface area contributed by atoms with E-state index in [1.54, 1.807) is 0 Å². The van der Waals surface area contributed by atoms with Crippen molar-refractivity contribution in [3.05, 3.63) is 0 Å². The van der Waals surface area contributed by atoms with Crippen LogP contribution < -0.4 is 0 Å². The van der Waals surface area contributed by atoms with Crippen molar-refractivity contribution in [2.45, 2.75) is 120 Å². The number of hydrogen-bond donors (Lipinski definition) is 0. The molecule has 4 rings (SSSR count). The molecule has 0 saturated carbocycles. The van der Waals surface area contributed by atoms with Crippen molar-refractivity contribution in [1.29, 1.82) is 0 Å². The standard InChI is InChI=1S/C16H30N2O.C11H21NO.C9H19N/c1-4-16(19)18-11-7-15(8-12-18)17-9-5-14(6-10-17)13(2)3;1-8(2)11(13)12-6-9(3)5-10(4)7-12;1-8(2)9-4-6-10(3)7-5-9/h13-15H,4-12H2,1-3H3;8-10H,5-7H2,1-4H3;8-9H,4-7H2,1-3H3. The first-order valence-corrected chi connectivity index (χ1v) is 17.8. The molecule has 0 spiro atoms. The number of nitrogens with zero attached hydrogens (tertiary/aromatic N) is 4. The largest absolute Gasteiger partial charge is 0.343 e. The predicted octanol–water partition coefficient (Wildman–Crippen LogP) is 6.89. The van der Waals surface area contributed by atoms with Gasteiger partial charge in [-0.2, -0.15) is 0 Å². The molecule has 4 fully saturated rings. The van der Waals surface area contributed by atoms with E-state index < -0.39 is 0 Å². The van der Waals surface area contributed by atoms with Gasteiger partial charge in [-0.15, -0.1) is 0 Å². The van der Waals surface area contributed by atoms with E-state index in [-0.39, 0.29) is 5.92 Å². The summed E-state index contributed by atoms with van der Waals surface area (Å²) in [5, 5.41) is 0. The third-order valence-corrected chi connectivity index (χ3v) is 10.5. The van der Waals surface area contributed by atoms with Gasteiger partial charge >= 0.3 is 0 Å². The maximum Gasteiger partial charge on any atom is 0.225 e. The van der Waals surface area contributed by atoms with Crippen LogP contribution in [0.2, 0.25) is 0 Å². The van der Waals surface area contributed by atoms with Crippen LogP contribution in [0.1, 0.15) is 114 Å². The van der Waals surface area contributed by atoms with E-state index in [9.17, 15) is 9.59 Å². The lowest BCUT2D eigenvalue weighted by Crippen LogP contribution is -2.49. The molecule has 6 heteroatoms. The SMILES string of the molecule is CC(C)C1CCN(C)CC1.CC1CC(C)CN(C(=O)C(C)C)C1.CCC(=O)N1CCC(N2CCC(C(C)C)CC2)CC1. The van der Waals surface area contributed by atoms with E-state index in [1.165, 1.54) is 71.1 Å². The Hall–Kier alpha value is -1.14. The Morgan fingerprint density at radius 2 is 1.12 bits per heavy atom. The van der Waals surface area contributed by atoms with Gasteiger partial charge in [0.1, 0.15) is 0 Å². The second-order valence-electron chi connectivity index (χ2n) is 15.3. The monoisotopic (exact) mass is 591 g/mol. The van der Waals surface area contributed by atoms with Gasteiger partial charge in [0, 0.05) is 44.6 Å². The minimum Gasteiger partial charge on any atom is -0.343 e. The number of rotatable bonds is 5. The molecule has 0 aromatic heterocycles. The quantitative estimate of drug-likeness (QED) is 0.350. The zero-order valence-corrected chi connectivity index (χ0v) is 29.5. The molecular weight excluding hydrogens is 520 g/mol. The van der Waals surface area contributed by atoms with Gasteiger partial charge in [0.05, 0.1) is 0 Å². The fourth-order valence-corrected chi connectivity index (χ4v) is 7.56. The molecule has 0 aromatic rings. The maximum absolute atomic E-state index is 11.7. The molecule has 0 aromatic carbocycles. The average molecular weight is 591 g/mol. The highest BCUT2D eigenvalue weighted by atomic mass is 16.2. The molecule has 0 aliphatic carbocycles. The second-order valence-corrected chi connectivity index (χ2v) is 15.3. The summed E-state index contributed by atoms with van der Waals surface area (Å²) in [6.45, 7) is 28.8. The Bertz CT molecular complexity index is 750. The van der Waals surface area contributed by atoms with Crippen molar-refractivity contribution in [1.82, 2.24) is 19.6 Å². The minimum absolute atomic E-state index is 0.150. The lowest BCUT2D eigenvalue weighted by atomic mass is 9.85. The summed E-state index contributed by atoms with van der Waals surface area (Å²) in [4.78, 5) is 32.6. The van der Waals surface area contributed by atoms with Gasteiger partial charge < -0.3 is 19.6 Å². The second kappa shape index (κ2) is 18.6. The van der Waals surface area contributed by atoms with Gasteiger partial charge in [-0.25, -0.2) is 0 Å². The van der Waals surface area contributed by atoms with E-state index in [2.05, 4.69) is 63.3 Å². The fourth-order valence-electron chi connectivity index (χ4n) is 7.56. The molecule has 4 aliphatic heterocycles. The van der Waals surface area contributed by atoms with E-state index in [4.69, 9.17) is 0 Å². The van der Waals surface area contributed by atoms with E-state index in [1.807, 2.05) is 25.7 Å². The molecule has 0 bridgehead atoms. The first kappa shape index (κ1) is 37.0. The highest BCUT2D eigenvalue weighted by Crippen LogP contribution is 2.28. The van der Waals surface area contributed by atoms with Crippen LogP contribution in [0.3, 0.4) is 0 Å². The van der Waals surface area contributed by atoms with Crippen LogP contribution in [-0.4, -0.2) is 96.9 Å². The number of likely N-dealkylation sites (tertiary alicyclic amines) is 4. The summed E-state index contributed by atoms with van der Waals surface area (Å²) in [5.41, 5.74) is 0. The summed E-state index contributed by atoms with van der Waals surface area (Å²) in [6.07, 6.45) is 9.84. The van der Waals surface area contributed by atoms with Crippen LogP contribution in [0.5, 0.6) is 0 Å². The van der Waals surface area contributed by atoms with Crippen LogP contribution in [0.4, 0.5) is 0 Å². The van der Waals surface area contributed by atoms with Gasteiger partial charge in [0.2, 0.25) is 11.8 Å². The number of hydrogen-bond acceptors (Lipinski definition) is 4. The fraction of sp³-hybridized carbons (Fsp3) is 0.944. The Morgan fingerprint density at radius 1 is 0.667 bits per heavy atom. The van der Waals surface area contributed by atoms with Crippen molar-refractivity contribution >= 4 is 11.8 Å². The zero-order chi connectivity index (χ0) is 31.4. The molecule has 0 N–H and O–H groups in total. The van der Waals surface area contributed by atoms with Crippen molar-refractivity contribution < 1.29 is 9.59 Å². The smallest absolute Gasteiger partial charge is 0.225 e. The number of carbonyl (C=O) groups excluding carboxylic acids is 2. The van der Waals surface area contributed by atoms with Gasteiger partial charge in [-0.05, 0) is 114 Å². The van der Waals surface area contributed by atoms with Crippen molar-refractivity contribution in [2.75, 3.05) is 59.4 Å². The normalized spacial score (nSPS) is 25.7. The van der Waals surface area contributed by atoms with Crippen molar-refractivity contribution in [2.24, 2.45) is 41.4 Å². The van der Waals surface area contributed by atoms with E-state index in [0.717, 1.165) is 55.9 Å². The molecular formula is C36H70N4O2. The Labute approximate surface area is 261 Å². The molecule has 2 amide bonds. The molecule has 4 aliphatic rings. The van der Waals surface area contributed by atoms with E-state index >= 15 is 0 Å². The molecule has 4 saturated heterocycles. The molecule has 4 heterocycles. The summed E-state index contributed by atoms with van der Waals surface area (Å²) < 4.78 is 0. The highest BCUT2D eigenvalue weighted by Gasteiger charge is 2.30. The van der Waals surface area contributed by atoms with Crippen LogP contribution in [0, 0.1) is 41.4 Å². The van der Waals surface area contributed by atoms with Crippen LogP contribution in [0.25, 0.3) is 0 Å². The average Bonchev–Trinajstić information content (AvgIpc) is 2.97. The van der Waals surface area contributed by atoms with Crippen LogP contribution in [0.15, 0.2) is 0 Å². The lowest BCUT2D eigenvalue weighted by molar-refractivity contribution is -0.137. The van der Waals surface area contributed by atoms with Gasteiger partial charge in [0.25, 0.3) is 0 Å². The Balaban J connectivity index is 0.000000234. The summed E-state index contributed by atoms with van der Waals surface area (Å²) >= 11 is 0. The Morgan fingerprint density at radius 3 is 1.52 bits per heavy atom. The van der Waals surface area contributed by atoms with E-state index in [0.29, 0.717) is 30.1 Å². The maximum atomic E-state index is 11.7. The summed E-state index contributed by atoms with van der Waals surface area (Å²) in [5.74, 6) is 5.81.